The third-order valence-electron chi connectivity index (χ3n) is 10.8. The summed E-state index contributed by atoms with van der Waals surface area (Å²) < 4.78 is 0. The van der Waals surface area contributed by atoms with Crippen molar-refractivity contribution in [3.63, 3.8) is 0 Å². The van der Waals surface area contributed by atoms with E-state index in [4.69, 9.17) is 19.9 Å². The molecule has 0 saturated carbocycles. The average molecular weight is 763 g/mol. The first kappa shape index (κ1) is 35.0. The van der Waals surface area contributed by atoms with Gasteiger partial charge in [0.15, 0.2) is 11.6 Å². The maximum absolute atomic E-state index is 15.7. The Bertz CT molecular complexity index is 2540. The molecule has 0 spiro atoms. The number of fused-ring (bicyclic) bond motifs is 2. The molecule has 0 amide bonds. The minimum Gasteiger partial charge on any atom is -0.367 e. The lowest BCUT2D eigenvalue weighted by atomic mass is 10.0. The molecule has 0 aliphatic carbocycles. The number of carbonyl (C=O) groups excluding carboxylic acids is 1. The van der Waals surface area contributed by atoms with Crippen LogP contribution in [0.3, 0.4) is 0 Å². The zero-order chi connectivity index (χ0) is 38.8. The fraction of sp³-hybridized carbons (Fsp3) is 0.178. The molecule has 0 bridgehead atoms. The molecule has 2 aliphatic heterocycles. The molecule has 0 unspecified atom stereocenters. The van der Waals surface area contributed by atoms with Crippen molar-refractivity contribution in [1.29, 1.82) is 0 Å². The van der Waals surface area contributed by atoms with Crippen LogP contribution in [0.15, 0.2) is 134 Å². The molecule has 2 saturated heterocycles. The standard InChI is InChI=1S/C45H38N12O/c58-41(39-37-33(50-42(52-39)31-11-3-1-4-12-31)15-7-17-35(37)54-23-27-56(28-24-54)44-46-19-9-20-47-44)40-38-34(51-43(53-40)32-13-5-2-6-14-32)16-8-18-36(38)55-25-29-57(30-26-55)45-48-21-10-22-49-45/h1-22H,23-30H2. The smallest absolute Gasteiger partial charge is 0.231 e. The summed E-state index contributed by atoms with van der Waals surface area (Å²) in [4.78, 5) is 63.1. The predicted octanol–water partition coefficient (Wildman–Crippen LogP) is 6.37. The topological polar surface area (TPSA) is 133 Å². The second-order valence-corrected chi connectivity index (χ2v) is 14.2. The summed E-state index contributed by atoms with van der Waals surface area (Å²) >= 11 is 0. The maximum Gasteiger partial charge on any atom is 0.231 e. The molecule has 13 heteroatoms. The van der Waals surface area contributed by atoms with E-state index in [-0.39, 0.29) is 5.78 Å². The van der Waals surface area contributed by atoms with Gasteiger partial charge in [0.1, 0.15) is 11.4 Å². The number of aromatic nitrogens is 8. The average Bonchev–Trinajstić information content (AvgIpc) is 3.31. The van der Waals surface area contributed by atoms with E-state index in [1.807, 2.05) is 97.1 Å². The van der Waals surface area contributed by atoms with Gasteiger partial charge in [-0.05, 0) is 36.4 Å². The first-order chi connectivity index (χ1) is 28.7. The predicted molar refractivity (Wildman–Crippen MR) is 226 cm³/mol. The molecular formula is C45H38N12O. The van der Waals surface area contributed by atoms with Gasteiger partial charge in [0.2, 0.25) is 17.7 Å². The SMILES string of the molecule is O=C(c1nc(-c2ccccc2)nc2cccc(N3CCN(c4ncccn4)CC3)c12)c1nc(-c2ccccc2)nc2cccc(N3CCN(c4ncccn4)CC3)c12. The van der Waals surface area contributed by atoms with Crippen LogP contribution in [0, 0.1) is 0 Å². The summed E-state index contributed by atoms with van der Waals surface area (Å²) in [7, 11) is 0. The van der Waals surface area contributed by atoms with Crippen LogP contribution in [-0.4, -0.2) is 98.0 Å². The van der Waals surface area contributed by atoms with Gasteiger partial charge in [-0.2, -0.15) is 0 Å². The highest BCUT2D eigenvalue weighted by molar-refractivity contribution is 6.22. The molecule has 58 heavy (non-hydrogen) atoms. The molecule has 2 aliphatic rings. The molecule has 284 valence electrons. The van der Waals surface area contributed by atoms with E-state index in [0.717, 1.165) is 48.7 Å². The van der Waals surface area contributed by atoms with Gasteiger partial charge in [-0.1, -0.05) is 72.8 Å². The van der Waals surface area contributed by atoms with Crippen LogP contribution < -0.4 is 19.6 Å². The third-order valence-corrected chi connectivity index (χ3v) is 10.8. The summed E-state index contributed by atoms with van der Waals surface area (Å²) in [5.41, 5.74) is 5.40. The monoisotopic (exact) mass is 762 g/mol. The Morgan fingerprint density at radius 2 is 0.776 bits per heavy atom. The molecule has 2 fully saturated rings. The minimum atomic E-state index is -0.290. The van der Waals surface area contributed by atoms with Crippen LogP contribution >= 0.6 is 0 Å². The molecule has 0 atom stereocenters. The highest BCUT2D eigenvalue weighted by Crippen LogP contribution is 2.36. The summed E-state index contributed by atoms with van der Waals surface area (Å²) in [6.07, 6.45) is 7.07. The van der Waals surface area contributed by atoms with Crippen molar-refractivity contribution in [2.45, 2.75) is 0 Å². The van der Waals surface area contributed by atoms with Crippen LogP contribution in [0.5, 0.6) is 0 Å². The van der Waals surface area contributed by atoms with Crippen molar-refractivity contribution in [1.82, 2.24) is 39.9 Å². The van der Waals surface area contributed by atoms with E-state index < -0.39 is 0 Å². The van der Waals surface area contributed by atoms with Crippen molar-refractivity contribution in [3.8, 4) is 22.8 Å². The molecule has 0 N–H and O–H groups in total. The Morgan fingerprint density at radius 3 is 1.17 bits per heavy atom. The highest BCUT2D eigenvalue weighted by Gasteiger charge is 2.30. The number of ketones is 1. The number of carbonyl (C=O) groups is 1. The Morgan fingerprint density at radius 1 is 0.397 bits per heavy atom. The van der Waals surface area contributed by atoms with Gasteiger partial charge in [0.25, 0.3) is 0 Å². The Hall–Kier alpha value is -7.41. The molecule has 0 radical (unpaired) electrons. The van der Waals surface area contributed by atoms with Gasteiger partial charge in [0, 0.05) is 99.6 Å². The van der Waals surface area contributed by atoms with E-state index in [0.29, 0.717) is 82.9 Å². The first-order valence-corrected chi connectivity index (χ1v) is 19.5. The van der Waals surface area contributed by atoms with Crippen molar-refractivity contribution >= 4 is 50.9 Å². The van der Waals surface area contributed by atoms with Gasteiger partial charge in [0.05, 0.1) is 21.8 Å². The van der Waals surface area contributed by atoms with Gasteiger partial charge in [-0.25, -0.2) is 39.9 Å². The van der Waals surface area contributed by atoms with Crippen LogP contribution in [0.25, 0.3) is 44.6 Å². The molecule has 10 rings (SSSR count). The van der Waals surface area contributed by atoms with Crippen molar-refractivity contribution in [2.24, 2.45) is 0 Å². The number of nitrogens with zero attached hydrogens (tertiary/aromatic N) is 12. The van der Waals surface area contributed by atoms with Crippen LogP contribution in [0.2, 0.25) is 0 Å². The largest absolute Gasteiger partial charge is 0.367 e. The quantitative estimate of drug-likeness (QED) is 0.159. The zero-order valence-electron chi connectivity index (χ0n) is 31.6. The van der Waals surface area contributed by atoms with E-state index in [1.54, 1.807) is 24.8 Å². The Kier molecular flexibility index (Phi) is 9.22. The van der Waals surface area contributed by atoms with Crippen molar-refractivity contribution < 1.29 is 4.79 Å². The fourth-order valence-corrected chi connectivity index (χ4v) is 7.93. The summed E-state index contributed by atoms with van der Waals surface area (Å²) in [5.74, 6) is 2.08. The number of hydrogen-bond acceptors (Lipinski definition) is 13. The van der Waals surface area contributed by atoms with Crippen LogP contribution in [0.1, 0.15) is 16.2 Å². The van der Waals surface area contributed by atoms with E-state index >= 15 is 4.79 Å². The van der Waals surface area contributed by atoms with Crippen LogP contribution in [-0.2, 0) is 0 Å². The number of rotatable bonds is 8. The second-order valence-electron chi connectivity index (χ2n) is 14.2. The summed E-state index contributed by atoms with van der Waals surface area (Å²) in [6.45, 7) is 5.67. The van der Waals surface area contributed by atoms with Crippen molar-refractivity contribution in [2.75, 3.05) is 72.0 Å². The first-order valence-electron chi connectivity index (χ1n) is 19.5. The zero-order valence-corrected chi connectivity index (χ0v) is 31.6. The Balaban J connectivity index is 1.12. The van der Waals surface area contributed by atoms with Gasteiger partial charge in [-0.3, -0.25) is 4.79 Å². The molecule has 8 aromatic rings. The van der Waals surface area contributed by atoms with E-state index in [9.17, 15) is 0 Å². The highest BCUT2D eigenvalue weighted by atomic mass is 16.1. The van der Waals surface area contributed by atoms with E-state index in [1.165, 1.54) is 0 Å². The minimum absolute atomic E-state index is 0.290. The summed E-state index contributed by atoms with van der Waals surface area (Å²) in [6, 6.07) is 35.3. The maximum atomic E-state index is 15.7. The normalized spacial score (nSPS) is 14.6. The van der Waals surface area contributed by atoms with Crippen molar-refractivity contribution in [3.05, 3.63) is 145 Å². The number of hydrogen-bond donors (Lipinski definition) is 0. The molecule has 13 nitrogen and oxygen atoms in total. The second kappa shape index (κ2) is 15.3. The van der Waals surface area contributed by atoms with Gasteiger partial charge < -0.3 is 19.6 Å². The van der Waals surface area contributed by atoms with E-state index in [2.05, 4.69) is 51.7 Å². The molecular weight excluding hydrogens is 725 g/mol. The number of benzene rings is 4. The molecule has 4 aromatic carbocycles. The van der Waals surface area contributed by atoms with Gasteiger partial charge in [-0.15, -0.1) is 0 Å². The molecule has 6 heterocycles. The fourth-order valence-electron chi connectivity index (χ4n) is 7.93. The lowest BCUT2D eigenvalue weighted by Crippen LogP contribution is -2.47. The number of piperazine rings is 2. The molecule has 4 aromatic heterocycles. The lowest BCUT2D eigenvalue weighted by Gasteiger charge is -2.36. The Labute approximate surface area is 334 Å². The lowest BCUT2D eigenvalue weighted by molar-refractivity contribution is 0.103. The van der Waals surface area contributed by atoms with Crippen LogP contribution in [0.4, 0.5) is 23.3 Å². The van der Waals surface area contributed by atoms with Gasteiger partial charge >= 0.3 is 0 Å². The third kappa shape index (κ3) is 6.66. The number of anilines is 4. The summed E-state index contributed by atoms with van der Waals surface area (Å²) in [5, 5.41) is 1.39.